The molecule has 0 fully saturated rings. The molecule has 0 aromatic heterocycles. The molecule has 0 saturated heterocycles. The van der Waals surface area contributed by atoms with Crippen LogP contribution in [0.25, 0.3) is 0 Å². The minimum Gasteiger partial charge on any atom is -0.324 e. The largest absolute Gasteiger partial charge is 0.324 e. The first-order valence-corrected chi connectivity index (χ1v) is 8.17. The van der Waals surface area contributed by atoms with E-state index in [0.29, 0.717) is 11.3 Å². The zero-order valence-electron chi connectivity index (χ0n) is 12.2. The van der Waals surface area contributed by atoms with Crippen LogP contribution in [0.5, 0.6) is 0 Å². The summed E-state index contributed by atoms with van der Waals surface area (Å²) in [5, 5.41) is 0. The zero-order valence-corrected chi connectivity index (χ0v) is 13.0. The molecule has 0 saturated carbocycles. The van der Waals surface area contributed by atoms with Gasteiger partial charge in [-0.2, -0.15) is 0 Å². The Morgan fingerprint density at radius 3 is 2.10 bits per heavy atom. The van der Waals surface area contributed by atoms with E-state index in [4.69, 9.17) is 5.73 Å². The lowest BCUT2D eigenvalue weighted by Gasteiger charge is -2.14. The summed E-state index contributed by atoms with van der Waals surface area (Å²) in [6.07, 6.45) is 0.673. The topological polar surface area (TPSA) is 63.4 Å². The molecule has 0 amide bonds. The van der Waals surface area contributed by atoms with Gasteiger partial charge in [0.2, 0.25) is 10.0 Å². The van der Waals surface area contributed by atoms with Crippen molar-refractivity contribution in [3.63, 3.8) is 0 Å². The predicted octanol–water partition coefficient (Wildman–Crippen LogP) is 2.18. The second-order valence-corrected chi connectivity index (χ2v) is 7.30. The van der Waals surface area contributed by atoms with Crippen LogP contribution in [-0.2, 0) is 16.4 Å². The van der Waals surface area contributed by atoms with Gasteiger partial charge in [-0.25, -0.2) is 12.7 Å². The number of hydrogen-bond acceptors (Lipinski definition) is 3. The number of rotatable bonds is 5. The molecule has 4 nitrogen and oxygen atoms in total. The Kier molecular flexibility index (Phi) is 4.77. The molecule has 0 aliphatic rings. The molecule has 1 unspecified atom stereocenters. The van der Waals surface area contributed by atoms with Gasteiger partial charge in [0.1, 0.15) is 0 Å². The van der Waals surface area contributed by atoms with E-state index in [-0.39, 0.29) is 6.04 Å². The summed E-state index contributed by atoms with van der Waals surface area (Å²) in [5.41, 5.74) is 8.26. The predicted molar refractivity (Wildman–Crippen MR) is 84.4 cm³/mol. The first-order chi connectivity index (χ1) is 9.91. The molecule has 112 valence electrons. The highest BCUT2D eigenvalue weighted by Crippen LogP contribution is 2.18. The molecule has 2 rings (SSSR count). The van der Waals surface area contributed by atoms with Crippen molar-refractivity contribution in [2.24, 2.45) is 5.73 Å². The summed E-state index contributed by atoms with van der Waals surface area (Å²) in [7, 11) is -0.327. The van der Waals surface area contributed by atoms with Crippen molar-refractivity contribution in [2.45, 2.75) is 17.4 Å². The van der Waals surface area contributed by atoms with Gasteiger partial charge in [0.25, 0.3) is 0 Å². The van der Waals surface area contributed by atoms with Crippen LogP contribution in [0.2, 0.25) is 0 Å². The lowest BCUT2D eigenvalue weighted by atomic mass is 10.00. The van der Waals surface area contributed by atoms with Gasteiger partial charge in [-0.15, -0.1) is 0 Å². The summed E-state index contributed by atoms with van der Waals surface area (Å²) >= 11 is 0. The van der Waals surface area contributed by atoms with E-state index in [1.54, 1.807) is 12.1 Å². The van der Waals surface area contributed by atoms with Gasteiger partial charge in [-0.05, 0) is 29.7 Å². The fraction of sp³-hybridized carbons (Fsp3) is 0.250. The lowest BCUT2D eigenvalue weighted by molar-refractivity contribution is 0.520. The van der Waals surface area contributed by atoms with Crippen molar-refractivity contribution in [1.29, 1.82) is 0 Å². The Bertz CT molecular complexity index is 680. The fourth-order valence-electron chi connectivity index (χ4n) is 2.08. The third-order valence-electron chi connectivity index (χ3n) is 3.39. The van der Waals surface area contributed by atoms with Crippen LogP contribution in [0.1, 0.15) is 17.2 Å². The Labute approximate surface area is 126 Å². The van der Waals surface area contributed by atoms with Crippen LogP contribution in [0.4, 0.5) is 0 Å². The maximum Gasteiger partial charge on any atom is 0.242 e. The molecule has 2 N–H and O–H groups in total. The summed E-state index contributed by atoms with van der Waals surface area (Å²) in [4.78, 5) is 0.296. The van der Waals surface area contributed by atoms with Gasteiger partial charge >= 0.3 is 0 Å². The minimum absolute atomic E-state index is 0.0949. The Morgan fingerprint density at radius 2 is 1.57 bits per heavy atom. The second-order valence-electron chi connectivity index (χ2n) is 5.15. The highest BCUT2D eigenvalue weighted by Gasteiger charge is 2.16. The molecule has 0 heterocycles. The highest BCUT2D eigenvalue weighted by atomic mass is 32.2. The molecule has 0 aliphatic carbocycles. The third kappa shape index (κ3) is 3.69. The summed E-state index contributed by atoms with van der Waals surface area (Å²) in [5.74, 6) is 0. The van der Waals surface area contributed by atoms with E-state index in [2.05, 4.69) is 0 Å². The van der Waals surface area contributed by atoms with Crippen molar-refractivity contribution in [3.8, 4) is 0 Å². The van der Waals surface area contributed by atoms with Gasteiger partial charge in [0.05, 0.1) is 4.90 Å². The molecule has 2 aromatic carbocycles. The molecule has 0 aliphatic heterocycles. The molecule has 0 bridgehead atoms. The molecule has 2 aromatic rings. The smallest absolute Gasteiger partial charge is 0.242 e. The van der Waals surface area contributed by atoms with E-state index in [1.807, 2.05) is 42.5 Å². The van der Waals surface area contributed by atoms with E-state index in [0.717, 1.165) is 11.1 Å². The van der Waals surface area contributed by atoms with Crippen LogP contribution < -0.4 is 5.73 Å². The van der Waals surface area contributed by atoms with E-state index in [1.165, 1.54) is 18.4 Å². The Hall–Kier alpha value is -1.69. The average Bonchev–Trinajstić information content (AvgIpc) is 2.48. The molecular formula is C16H20N2O2S. The lowest BCUT2D eigenvalue weighted by Crippen LogP contribution is -2.22. The van der Waals surface area contributed by atoms with E-state index in [9.17, 15) is 8.42 Å². The normalized spacial score (nSPS) is 13.3. The SMILES string of the molecule is CN(C)S(=O)(=O)c1ccc(CC(N)c2ccccc2)cc1. The zero-order chi connectivity index (χ0) is 15.5. The van der Waals surface area contributed by atoms with Crippen LogP contribution in [0.15, 0.2) is 59.5 Å². The fourth-order valence-corrected chi connectivity index (χ4v) is 2.98. The molecular weight excluding hydrogens is 284 g/mol. The number of nitrogens with zero attached hydrogens (tertiary/aromatic N) is 1. The van der Waals surface area contributed by atoms with E-state index < -0.39 is 10.0 Å². The van der Waals surface area contributed by atoms with Crippen molar-refractivity contribution >= 4 is 10.0 Å². The Morgan fingerprint density at radius 1 is 1.00 bits per heavy atom. The molecule has 0 radical (unpaired) electrons. The van der Waals surface area contributed by atoms with Crippen LogP contribution in [-0.4, -0.2) is 26.8 Å². The summed E-state index contributed by atoms with van der Waals surface area (Å²) in [6, 6.07) is 16.7. The third-order valence-corrected chi connectivity index (χ3v) is 5.21. The van der Waals surface area contributed by atoms with Gasteiger partial charge in [0, 0.05) is 20.1 Å². The summed E-state index contributed by atoms with van der Waals surface area (Å²) < 4.78 is 25.2. The molecule has 0 spiro atoms. The van der Waals surface area contributed by atoms with Crippen molar-refractivity contribution < 1.29 is 8.42 Å². The summed E-state index contributed by atoms with van der Waals surface area (Å²) in [6.45, 7) is 0. The highest BCUT2D eigenvalue weighted by molar-refractivity contribution is 7.89. The number of hydrogen-bond donors (Lipinski definition) is 1. The maximum absolute atomic E-state index is 12.0. The molecule has 5 heteroatoms. The van der Waals surface area contributed by atoms with Crippen LogP contribution in [0, 0.1) is 0 Å². The number of benzene rings is 2. The number of sulfonamides is 1. The Balaban J connectivity index is 2.14. The first kappa shape index (κ1) is 15.7. The van der Waals surface area contributed by atoms with Crippen molar-refractivity contribution in [1.82, 2.24) is 4.31 Å². The number of nitrogens with two attached hydrogens (primary N) is 1. The van der Waals surface area contributed by atoms with Crippen molar-refractivity contribution in [3.05, 3.63) is 65.7 Å². The molecule has 1 atom stereocenters. The molecule has 21 heavy (non-hydrogen) atoms. The van der Waals surface area contributed by atoms with Gasteiger partial charge in [0.15, 0.2) is 0 Å². The second kappa shape index (κ2) is 6.39. The minimum atomic E-state index is -3.37. The standard InChI is InChI=1S/C16H20N2O2S/c1-18(2)21(19,20)15-10-8-13(9-11-15)12-16(17)14-6-4-3-5-7-14/h3-11,16H,12,17H2,1-2H3. The maximum atomic E-state index is 12.0. The van der Waals surface area contributed by atoms with Crippen LogP contribution in [0.3, 0.4) is 0 Å². The van der Waals surface area contributed by atoms with Gasteiger partial charge in [-0.3, -0.25) is 0 Å². The monoisotopic (exact) mass is 304 g/mol. The van der Waals surface area contributed by atoms with Gasteiger partial charge in [-0.1, -0.05) is 42.5 Å². The first-order valence-electron chi connectivity index (χ1n) is 6.73. The van der Waals surface area contributed by atoms with Gasteiger partial charge < -0.3 is 5.73 Å². The van der Waals surface area contributed by atoms with Crippen LogP contribution >= 0.6 is 0 Å². The van der Waals surface area contributed by atoms with E-state index >= 15 is 0 Å². The quantitative estimate of drug-likeness (QED) is 0.921. The average molecular weight is 304 g/mol. The van der Waals surface area contributed by atoms with Crippen molar-refractivity contribution in [2.75, 3.05) is 14.1 Å².